The van der Waals surface area contributed by atoms with E-state index in [2.05, 4.69) is 13.8 Å². The van der Waals surface area contributed by atoms with Crippen molar-refractivity contribution in [2.75, 3.05) is 0 Å². The van der Waals surface area contributed by atoms with E-state index in [9.17, 15) is 18.3 Å². The van der Waals surface area contributed by atoms with E-state index in [1.807, 2.05) is 24.3 Å². The molecule has 0 radical (unpaired) electrons. The Morgan fingerprint density at radius 3 is 2.05 bits per heavy atom. The zero-order valence-corrected chi connectivity index (χ0v) is 12.6. The summed E-state index contributed by atoms with van der Waals surface area (Å²) >= 11 is 0. The van der Waals surface area contributed by atoms with Gasteiger partial charge < -0.3 is 5.11 Å². The largest absolute Gasteiger partial charge is 0.416 e. The molecule has 0 aromatic heterocycles. The van der Waals surface area contributed by atoms with Gasteiger partial charge in [0.1, 0.15) is 0 Å². The lowest BCUT2D eigenvalue weighted by Gasteiger charge is -2.12. The van der Waals surface area contributed by atoms with Crippen LogP contribution in [0.1, 0.15) is 30.5 Å². The molecule has 118 valence electrons. The Kier molecular flexibility index (Phi) is 4.91. The first kappa shape index (κ1) is 16.6. The zero-order valence-electron chi connectivity index (χ0n) is 12.6. The van der Waals surface area contributed by atoms with Gasteiger partial charge in [-0.15, -0.1) is 0 Å². The molecule has 2 aromatic rings. The van der Waals surface area contributed by atoms with Gasteiger partial charge in [-0.1, -0.05) is 38.1 Å². The lowest BCUT2D eigenvalue weighted by atomic mass is 9.97. The fraction of sp³-hybridized carbons (Fsp3) is 0.333. The minimum atomic E-state index is -4.42. The molecule has 0 fully saturated rings. The van der Waals surface area contributed by atoms with Crippen molar-refractivity contribution in [3.8, 4) is 11.1 Å². The lowest BCUT2D eigenvalue weighted by molar-refractivity contribution is -0.137. The Balaban J connectivity index is 2.39. The highest BCUT2D eigenvalue weighted by molar-refractivity contribution is 5.65. The summed E-state index contributed by atoms with van der Waals surface area (Å²) in [4.78, 5) is 0. The van der Waals surface area contributed by atoms with Crippen LogP contribution in [0, 0.1) is 5.92 Å². The van der Waals surface area contributed by atoms with Crippen LogP contribution in [-0.4, -0.2) is 5.11 Å². The first-order valence-corrected chi connectivity index (χ1v) is 7.21. The number of hydrogen-bond acceptors (Lipinski definition) is 1. The van der Waals surface area contributed by atoms with E-state index < -0.39 is 18.3 Å². The molecule has 1 nitrogen and oxygen atoms in total. The first-order valence-electron chi connectivity index (χ1n) is 7.21. The van der Waals surface area contributed by atoms with E-state index in [0.29, 0.717) is 17.0 Å². The molecule has 0 aliphatic heterocycles. The number of aliphatic hydroxyl groups excluding tert-OH is 1. The average Bonchev–Trinajstić information content (AvgIpc) is 2.46. The van der Waals surface area contributed by atoms with Crippen molar-refractivity contribution in [2.24, 2.45) is 5.92 Å². The summed E-state index contributed by atoms with van der Waals surface area (Å²) in [5.74, 6) is 0.528. The molecule has 2 rings (SSSR count). The molecule has 1 N–H and O–H groups in total. The number of benzene rings is 2. The van der Waals surface area contributed by atoms with Crippen LogP contribution in [0.25, 0.3) is 11.1 Å². The summed E-state index contributed by atoms with van der Waals surface area (Å²) in [5.41, 5.74) is 1.87. The Labute approximate surface area is 128 Å². The number of alkyl halides is 3. The third-order valence-corrected chi connectivity index (χ3v) is 3.43. The summed E-state index contributed by atoms with van der Waals surface area (Å²) < 4.78 is 38.8. The summed E-state index contributed by atoms with van der Waals surface area (Å²) in [5, 5.41) is 9.18. The molecule has 0 bridgehead atoms. The predicted molar refractivity (Wildman–Crippen MR) is 81.3 cm³/mol. The maximum absolute atomic E-state index is 12.9. The van der Waals surface area contributed by atoms with Crippen molar-refractivity contribution in [3.05, 3.63) is 59.2 Å². The highest BCUT2D eigenvalue weighted by Gasteiger charge is 2.31. The third kappa shape index (κ3) is 4.10. The van der Waals surface area contributed by atoms with Crippen LogP contribution in [0.3, 0.4) is 0 Å². The highest BCUT2D eigenvalue weighted by atomic mass is 19.4. The standard InChI is InChI=1S/C18H19F3O/c1-12(2)7-13-3-5-15(6-4-13)16-8-14(11-22)9-17(10-16)18(19,20)21/h3-6,8-10,12,22H,7,11H2,1-2H3. The topological polar surface area (TPSA) is 20.2 Å². The highest BCUT2D eigenvalue weighted by Crippen LogP contribution is 2.33. The second-order valence-electron chi connectivity index (χ2n) is 5.87. The number of rotatable bonds is 4. The maximum atomic E-state index is 12.9. The molecule has 2 aromatic carbocycles. The van der Waals surface area contributed by atoms with E-state index in [4.69, 9.17) is 0 Å². The van der Waals surface area contributed by atoms with Gasteiger partial charge >= 0.3 is 6.18 Å². The van der Waals surface area contributed by atoms with E-state index in [0.717, 1.165) is 24.1 Å². The molecule has 0 aliphatic rings. The first-order chi connectivity index (χ1) is 10.3. The van der Waals surface area contributed by atoms with Gasteiger partial charge in [0.15, 0.2) is 0 Å². The molecule has 0 aliphatic carbocycles. The van der Waals surface area contributed by atoms with Crippen molar-refractivity contribution in [2.45, 2.75) is 33.1 Å². The SMILES string of the molecule is CC(C)Cc1ccc(-c2cc(CO)cc(C(F)(F)F)c2)cc1. The molecule has 0 heterocycles. The van der Waals surface area contributed by atoms with E-state index >= 15 is 0 Å². The minimum Gasteiger partial charge on any atom is -0.392 e. The van der Waals surface area contributed by atoms with Gasteiger partial charge in [-0.3, -0.25) is 0 Å². The van der Waals surface area contributed by atoms with Crippen LogP contribution < -0.4 is 0 Å². The molecule has 0 spiro atoms. The lowest BCUT2D eigenvalue weighted by Crippen LogP contribution is -2.06. The van der Waals surface area contributed by atoms with Gasteiger partial charge in [0.05, 0.1) is 12.2 Å². The smallest absolute Gasteiger partial charge is 0.392 e. The van der Waals surface area contributed by atoms with Crippen LogP contribution in [0.2, 0.25) is 0 Å². The molecule has 0 amide bonds. The Morgan fingerprint density at radius 2 is 1.55 bits per heavy atom. The molecular weight excluding hydrogens is 289 g/mol. The normalized spacial score (nSPS) is 12.0. The van der Waals surface area contributed by atoms with Crippen molar-refractivity contribution in [1.29, 1.82) is 0 Å². The van der Waals surface area contributed by atoms with E-state index in [1.54, 1.807) is 6.07 Å². The number of aliphatic hydroxyl groups is 1. The van der Waals surface area contributed by atoms with Crippen molar-refractivity contribution in [1.82, 2.24) is 0 Å². The molecule has 0 atom stereocenters. The van der Waals surface area contributed by atoms with Gasteiger partial charge in [-0.2, -0.15) is 13.2 Å². The van der Waals surface area contributed by atoms with Crippen LogP contribution >= 0.6 is 0 Å². The summed E-state index contributed by atoms with van der Waals surface area (Å²) in [7, 11) is 0. The monoisotopic (exact) mass is 308 g/mol. The van der Waals surface area contributed by atoms with Gasteiger partial charge in [0, 0.05) is 0 Å². The molecule has 0 saturated heterocycles. The Bertz CT molecular complexity index is 628. The molecule has 22 heavy (non-hydrogen) atoms. The minimum absolute atomic E-state index is 0.260. The van der Waals surface area contributed by atoms with Crippen molar-refractivity contribution >= 4 is 0 Å². The van der Waals surface area contributed by atoms with Crippen LogP contribution in [0.4, 0.5) is 13.2 Å². The summed E-state index contributed by atoms with van der Waals surface area (Å²) in [6.07, 6.45) is -3.48. The Morgan fingerprint density at radius 1 is 0.909 bits per heavy atom. The van der Waals surface area contributed by atoms with E-state index in [1.165, 1.54) is 0 Å². The zero-order chi connectivity index (χ0) is 16.3. The average molecular weight is 308 g/mol. The summed E-state index contributed by atoms with van der Waals surface area (Å²) in [6, 6.07) is 11.2. The van der Waals surface area contributed by atoms with Crippen LogP contribution in [0.5, 0.6) is 0 Å². The molecule has 0 saturated carbocycles. The molecular formula is C18H19F3O. The Hall–Kier alpha value is -1.81. The predicted octanol–water partition coefficient (Wildman–Crippen LogP) is 5.06. The number of halogens is 3. The third-order valence-electron chi connectivity index (χ3n) is 3.43. The van der Waals surface area contributed by atoms with Crippen LogP contribution in [0.15, 0.2) is 42.5 Å². The fourth-order valence-corrected chi connectivity index (χ4v) is 2.42. The van der Waals surface area contributed by atoms with Gasteiger partial charge in [0.25, 0.3) is 0 Å². The molecule has 4 heteroatoms. The van der Waals surface area contributed by atoms with Gasteiger partial charge in [-0.25, -0.2) is 0 Å². The van der Waals surface area contributed by atoms with Gasteiger partial charge in [-0.05, 0) is 52.8 Å². The summed E-state index contributed by atoms with van der Waals surface area (Å²) in [6.45, 7) is 3.82. The van der Waals surface area contributed by atoms with Crippen molar-refractivity contribution < 1.29 is 18.3 Å². The molecule has 0 unspecified atom stereocenters. The second kappa shape index (κ2) is 6.53. The van der Waals surface area contributed by atoms with Gasteiger partial charge in [0.2, 0.25) is 0 Å². The second-order valence-corrected chi connectivity index (χ2v) is 5.87. The number of hydrogen-bond donors (Lipinski definition) is 1. The van der Waals surface area contributed by atoms with Crippen LogP contribution in [-0.2, 0) is 19.2 Å². The maximum Gasteiger partial charge on any atom is 0.416 e. The van der Waals surface area contributed by atoms with E-state index in [-0.39, 0.29) is 5.56 Å². The quantitative estimate of drug-likeness (QED) is 0.836. The van der Waals surface area contributed by atoms with Crippen molar-refractivity contribution in [3.63, 3.8) is 0 Å². The fourth-order valence-electron chi connectivity index (χ4n) is 2.42.